The van der Waals surface area contributed by atoms with Gasteiger partial charge in [0.25, 0.3) is 0 Å². The molecule has 0 spiro atoms. The molecule has 2 aromatic carbocycles. The summed E-state index contributed by atoms with van der Waals surface area (Å²) in [6, 6.07) is 14.4. The molecular weight excluding hydrogens is 405 g/mol. The topological polar surface area (TPSA) is 61.4 Å². The molecule has 32 heavy (non-hydrogen) atoms. The normalized spacial score (nSPS) is 13.9. The van der Waals surface area contributed by atoms with E-state index in [0.29, 0.717) is 26.2 Å². The lowest BCUT2D eigenvalue weighted by molar-refractivity contribution is 0.208. The second-order valence-electron chi connectivity index (χ2n) is 8.20. The summed E-state index contributed by atoms with van der Waals surface area (Å²) in [5.41, 5.74) is 4.74. The molecule has 1 aliphatic heterocycles. The molecule has 1 aromatic heterocycles. The Labute approximate surface area is 188 Å². The van der Waals surface area contributed by atoms with E-state index in [4.69, 9.17) is 4.98 Å². The van der Waals surface area contributed by atoms with Crippen LogP contribution >= 0.6 is 0 Å². The third kappa shape index (κ3) is 4.88. The summed E-state index contributed by atoms with van der Waals surface area (Å²) in [5, 5.41) is 2.67. The van der Waals surface area contributed by atoms with E-state index in [2.05, 4.69) is 46.4 Å². The lowest BCUT2D eigenvalue weighted by Gasteiger charge is -2.36. The van der Waals surface area contributed by atoms with Gasteiger partial charge in [0.05, 0.1) is 5.69 Å². The van der Waals surface area contributed by atoms with Crippen molar-refractivity contribution in [1.29, 1.82) is 0 Å². The highest BCUT2D eigenvalue weighted by atomic mass is 19.1. The van der Waals surface area contributed by atoms with Gasteiger partial charge in [-0.1, -0.05) is 42.0 Å². The largest absolute Gasteiger partial charge is 0.353 e. The molecular formula is C25H28FN5O. The Morgan fingerprint density at radius 1 is 0.969 bits per heavy atom. The number of rotatable bonds is 4. The zero-order valence-corrected chi connectivity index (χ0v) is 18.7. The van der Waals surface area contributed by atoms with Gasteiger partial charge in [0, 0.05) is 43.9 Å². The molecule has 0 radical (unpaired) electrons. The Bertz CT molecular complexity index is 1110. The number of carbonyl (C=O) groups excluding carboxylic acids is 1. The Hall–Kier alpha value is -3.48. The van der Waals surface area contributed by atoms with E-state index in [-0.39, 0.29) is 11.7 Å². The van der Waals surface area contributed by atoms with Crippen molar-refractivity contribution < 1.29 is 9.18 Å². The highest BCUT2D eigenvalue weighted by Crippen LogP contribution is 2.25. The molecule has 1 saturated heterocycles. The molecule has 0 saturated carbocycles. The number of aromatic nitrogens is 2. The highest BCUT2D eigenvalue weighted by Gasteiger charge is 2.25. The summed E-state index contributed by atoms with van der Waals surface area (Å²) in [7, 11) is 0. The number of piperazine rings is 1. The molecule has 6 nitrogen and oxygen atoms in total. The van der Waals surface area contributed by atoms with Crippen molar-refractivity contribution in [3.8, 4) is 0 Å². The van der Waals surface area contributed by atoms with Crippen LogP contribution in [0.3, 0.4) is 0 Å². The minimum atomic E-state index is -0.438. The van der Waals surface area contributed by atoms with Crippen LogP contribution in [0.4, 0.5) is 20.7 Å². The number of carbonyl (C=O) groups is 1. The molecule has 4 rings (SSSR count). The number of nitrogens with zero attached hydrogens (tertiary/aromatic N) is 4. The number of hydrogen-bond donors (Lipinski definition) is 1. The number of anilines is 2. The van der Waals surface area contributed by atoms with Crippen molar-refractivity contribution >= 4 is 17.5 Å². The van der Waals surface area contributed by atoms with E-state index in [1.807, 2.05) is 13.8 Å². The van der Waals surface area contributed by atoms with Gasteiger partial charge >= 0.3 is 6.03 Å². The molecule has 7 heteroatoms. The lowest BCUT2D eigenvalue weighted by atomic mass is 10.0. The van der Waals surface area contributed by atoms with E-state index in [9.17, 15) is 9.18 Å². The van der Waals surface area contributed by atoms with Crippen molar-refractivity contribution in [3.63, 3.8) is 0 Å². The number of para-hydroxylation sites is 1. The van der Waals surface area contributed by atoms with Gasteiger partial charge in [0.15, 0.2) is 0 Å². The van der Waals surface area contributed by atoms with Crippen LogP contribution in [-0.4, -0.2) is 47.1 Å². The maximum Gasteiger partial charge on any atom is 0.322 e. The summed E-state index contributed by atoms with van der Waals surface area (Å²) in [6.45, 7) is 8.39. The number of halogens is 1. The molecule has 0 unspecified atom stereocenters. The monoisotopic (exact) mass is 433 g/mol. The maximum atomic E-state index is 13.9. The Morgan fingerprint density at radius 2 is 1.66 bits per heavy atom. The van der Waals surface area contributed by atoms with Crippen LogP contribution in [0.15, 0.2) is 48.5 Å². The first-order valence-electron chi connectivity index (χ1n) is 10.9. The van der Waals surface area contributed by atoms with Gasteiger partial charge in [-0.3, -0.25) is 0 Å². The first-order chi connectivity index (χ1) is 15.4. The van der Waals surface area contributed by atoms with Gasteiger partial charge < -0.3 is 15.1 Å². The maximum absolute atomic E-state index is 13.9. The molecule has 1 N–H and O–H groups in total. The van der Waals surface area contributed by atoms with Crippen LogP contribution in [0.1, 0.15) is 28.2 Å². The fraction of sp³-hybridized carbons (Fsp3) is 0.320. The minimum Gasteiger partial charge on any atom is -0.353 e. The minimum absolute atomic E-state index is 0.197. The van der Waals surface area contributed by atoms with Gasteiger partial charge in [0.1, 0.15) is 17.5 Å². The highest BCUT2D eigenvalue weighted by molar-refractivity contribution is 5.89. The number of nitrogens with one attached hydrogen (secondary N) is 1. The number of aryl methyl sites for hydroxylation is 3. The van der Waals surface area contributed by atoms with E-state index in [1.165, 1.54) is 17.2 Å². The molecule has 0 aliphatic carbocycles. The van der Waals surface area contributed by atoms with E-state index < -0.39 is 5.82 Å². The smallest absolute Gasteiger partial charge is 0.322 e. The average molecular weight is 434 g/mol. The van der Waals surface area contributed by atoms with Crippen LogP contribution in [-0.2, 0) is 6.42 Å². The Morgan fingerprint density at radius 3 is 2.34 bits per heavy atom. The first kappa shape index (κ1) is 21.7. The number of benzene rings is 2. The van der Waals surface area contributed by atoms with Crippen molar-refractivity contribution in [1.82, 2.24) is 14.9 Å². The standard InChI is InChI=1S/C25H28FN5O/c1-17-8-10-20(11-9-17)16-21-18(2)27-19(3)28-24(21)30-12-14-31(15-13-30)25(32)29-23-7-5-4-6-22(23)26/h4-11H,12-16H2,1-3H3,(H,29,32). The van der Waals surface area contributed by atoms with Crippen LogP contribution in [0, 0.1) is 26.6 Å². The fourth-order valence-corrected chi connectivity index (χ4v) is 3.97. The molecule has 2 heterocycles. The van der Waals surface area contributed by atoms with Crippen LogP contribution in [0.25, 0.3) is 0 Å². The zero-order valence-electron chi connectivity index (χ0n) is 18.7. The zero-order chi connectivity index (χ0) is 22.7. The van der Waals surface area contributed by atoms with Crippen LogP contribution in [0.5, 0.6) is 0 Å². The van der Waals surface area contributed by atoms with Gasteiger partial charge in [-0.15, -0.1) is 0 Å². The summed E-state index contributed by atoms with van der Waals surface area (Å²) in [5.74, 6) is 1.24. The second kappa shape index (κ2) is 9.34. The number of hydrogen-bond acceptors (Lipinski definition) is 4. The molecule has 1 aliphatic rings. The van der Waals surface area contributed by atoms with Crippen LogP contribution in [0.2, 0.25) is 0 Å². The van der Waals surface area contributed by atoms with Crippen molar-refractivity contribution in [2.75, 3.05) is 36.4 Å². The van der Waals surface area contributed by atoms with Crippen molar-refractivity contribution in [2.45, 2.75) is 27.2 Å². The van der Waals surface area contributed by atoms with Crippen molar-refractivity contribution in [2.24, 2.45) is 0 Å². The third-order valence-corrected chi connectivity index (χ3v) is 5.79. The van der Waals surface area contributed by atoms with E-state index in [1.54, 1.807) is 23.1 Å². The van der Waals surface area contributed by atoms with Crippen molar-refractivity contribution in [3.05, 3.63) is 82.6 Å². The van der Waals surface area contributed by atoms with E-state index in [0.717, 1.165) is 29.3 Å². The summed E-state index contributed by atoms with van der Waals surface area (Å²) < 4.78 is 13.9. The Kier molecular flexibility index (Phi) is 6.35. The first-order valence-corrected chi connectivity index (χ1v) is 10.9. The van der Waals surface area contributed by atoms with Gasteiger partial charge in [-0.25, -0.2) is 19.2 Å². The second-order valence-corrected chi connectivity index (χ2v) is 8.20. The Balaban J connectivity index is 1.47. The predicted octanol–water partition coefficient (Wildman–Crippen LogP) is 4.49. The number of amides is 2. The van der Waals surface area contributed by atoms with Gasteiger partial charge in [-0.2, -0.15) is 0 Å². The van der Waals surface area contributed by atoms with Crippen LogP contribution < -0.4 is 10.2 Å². The number of urea groups is 1. The quantitative estimate of drug-likeness (QED) is 0.659. The lowest BCUT2D eigenvalue weighted by Crippen LogP contribution is -2.50. The molecule has 0 bridgehead atoms. The molecule has 166 valence electrons. The summed E-state index contributed by atoms with van der Waals surface area (Å²) >= 11 is 0. The predicted molar refractivity (Wildman–Crippen MR) is 125 cm³/mol. The molecule has 3 aromatic rings. The summed E-state index contributed by atoms with van der Waals surface area (Å²) in [4.78, 5) is 25.9. The summed E-state index contributed by atoms with van der Waals surface area (Å²) in [6.07, 6.45) is 0.760. The van der Waals surface area contributed by atoms with E-state index >= 15 is 0 Å². The molecule has 1 fully saturated rings. The average Bonchev–Trinajstić information content (AvgIpc) is 2.78. The van der Waals surface area contributed by atoms with Gasteiger partial charge in [-0.05, 0) is 38.5 Å². The fourth-order valence-electron chi connectivity index (χ4n) is 3.97. The third-order valence-electron chi connectivity index (χ3n) is 5.79. The molecule has 2 amide bonds. The molecule has 0 atom stereocenters. The SMILES string of the molecule is Cc1ccc(Cc2c(C)nc(C)nc2N2CCN(C(=O)Nc3ccccc3F)CC2)cc1. The van der Waals surface area contributed by atoms with Gasteiger partial charge in [0.2, 0.25) is 0 Å².